The zero-order valence-corrected chi connectivity index (χ0v) is 9.82. The summed E-state index contributed by atoms with van der Waals surface area (Å²) in [7, 11) is 0. The van der Waals surface area contributed by atoms with Gasteiger partial charge in [-0.3, -0.25) is 14.5 Å². The first-order valence-corrected chi connectivity index (χ1v) is 6.05. The number of nitrogens with one attached hydrogen (secondary N) is 1. The van der Waals surface area contributed by atoms with Gasteiger partial charge in [0.15, 0.2) is 0 Å². The number of rotatable bonds is 3. The Kier molecular flexibility index (Phi) is 3.35. The molecule has 17 heavy (non-hydrogen) atoms. The molecule has 0 aromatic heterocycles. The van der Waals surface area contributed by atoms with Gasteiger partial charge in [-0.15, -0.1) is 0 Å². The zero-order valence-electron chi connectivity index (χ0n) is 9.82. The number of carboxylic acid groups (broad SMARTS) is 1. The third-order valence-corrected chi connectivity index (χ3v) is 3.92. The van der Waals surface area contributed by atoms with Gasteiger partial charge in [-0.1, -0.05) is 0 Å². The predicted molar refractivity (Wildman–Crippen MR) is 61.3 cm³/mol. The van der Waals surface area contributed by atoms with Crippen LogP contribution in [0.4, 0.5) is 0 Å². The molecule has 1 amide bonds. The summed E-state index contributed by atoms with van der Waals surface area (Å²) >= 11 is 0. The van der Waals surface area contributed by atoms with Crippen molar-refractivity contribution in [2.24, 2.45) is 11.7 Å². The van der Waals surface area contributed by atoms with Crippen molar-refractivity contribution in [2.45, 2.75) is 24.8 Å². The lowest BCUT2D eigenvalue weighted by Crippen LogP contribution is -2.66. The first-order valence-electron chi connectivity index (χ1n) is 6.05. The van der Waals surface area contributed by atoms with Crippen molar-refractivity contribution in [1.82, 2.24) is 10.2 Å². The molecule has 6 heteroatoms. The maximum absolute atomic E-state index is 11.7. The third-order valence-electron chi connectivity index (χ3n) is 3.92. The lowest BCUT2D eigenvalue weighted by Gasteiger charge is -2.50. The van der Waals surface area contributed by atoms with Crippen molar-refractivity contribution in [3.8, 4) is 0 Å². The van der Waals surface area contributed by atoms with Crippen LogP contribution >= 0.6 is 0 Å². The molecule has 4 N–H and O–H groups in total. The number of carbonyl (C=O) groups is 2. The molecule has 0 atom stereocenters. The van der Waals surface area contributed by atoms with E-state index in [1.165, 1.54) is 0 Å². The third kappa shape index (κ3) is 2.14. The van der Waals surface area contributed by atoms with E-state index in [1.54, 1.807) is 0 Å². The molecule has 1 aliphatic carbocycles. The van der Waals surface area contributed by atoms with Crippen LogP contribution in [0.25, 0.3) is 0 Å². The van der Waals surface area contributed by atoms with Gasteiger partial charge >= 0.3 is 5.97 Å². The van der Waals surface area contributed by atoms with Crippen molar-refractivity contribution in [3.63, 3.8) is 0 Å². The second-order valence-electron chi connectivity index (χ2n) is 4.93. The molecule has 96 valence electrons. The van der Waals surface area contributed by atoms with E-state index < -0.39 is 17.4 Å². The average Bonchev–Trinajstić information content (AvgIpc) is 2.43. The molecule has 0 radical (unpaired) electrons. The van der Waals surface area contributed by atoms with Gasteiger partial charge in [-0.05, 0) is 25.8 Å². The molecule has 0 aromatic rings. The van der Waals surface area contributed by atoms with E-state index >= 15 is 0 Å². The van der Waals surface area contributed by atoms with Crippen LogP contribution in [0.3, 0.4) is 0 Å². The molecule has 6 nitrogen and oxygen atoms in total. The van der Waals surface area contributed by atoms with Crippen LogP contribution in [0.15, 0.2) is 0 Å². The molecule has 0 aromatic carbocycles. The molecule has 1 saturated carbocycles. The second-order valence-corrected chi connectivity index (χ2v) is 4.93. The lowest BCUT2D eigenvalue weighted by molar-refractivity contribution is -0.157. The van der Waals surface area contributed by atoms with E-state index in [-0.39, 0.29) is 5.91 Å². The number of primary amides is 1. The quantitative estimate of drug-likeness (QED) is 0.589. The molecule has 2 aliphatic rings. The summed E-state index contributed by atoms with van der Waals surface area (Å²) in [6.07, 6.45) is 1.68. The van der Waals surface area contributed by atoms with Gasteiger partial charge in [0, 0.05) is 19.6 Å². The highest BCUT2D eigenvalue weighted by atomic mass is 16.4. The van der Waals surface area contributed by atoms with Crippen LogP contribution in [-0.4, -0.2) is 53.6 Å². The molecule has 1 aliphatic heterocycles. The number of carboxylic acids is 1. The Balaban J connectivity index is 2.08. The Labute approximate surface area is 100 Å². The van der Waals surface area contributed by atoms with E-state index in [1.807, 2.05) is 0 Å². The average molecular weight is 241 g/mol. The summed E-state index contributed by atoms with van der Waals surface area (Å²) < 4.78 is 0. The molecular weight excluding hydrogens is 222 g/mol. The Morgan fingerprint density at radius 2 is 2.00 bits per heavy atom. The summed E-state index contributed by atoms with van der Waals surface area (Å²) in [5.41, 5.74) is 4.77. The van der Waals surface area contributed by atoms with Gasteiger partial charge in [-0.25, -0.2) is 0 Å². The van der Waals surface area contributed by atoms with Gasteiger partial charge in [0.25, 0.3) is 0 Å². The lowest BCUT2D eigenvalue weighted by atomic mass is 9.66. The number of nitrogens with zero attached hydrogens (tertiary/aromatic N) is 1. The first-order chi connectivity index (χ1) is 8.06. The van der Waals surface area contributed by atoms with Crippen molar-refractivity contribution >= 4 is 11.9 Å². The largest absolute Gasteiger partial charge is 0.481 e. The summed E-state index contributed by atoms with van der Waals surface area (Å²) in [6, 6.07) is 0. The van der Waals surface area contributed by atoms with Gasteiger partial charge in [0.1, 0.15) is 5.54 Å². The minimum atomic E-state index is -0.824. The van der Waals surface area contributed by atoms with Crippen LogP contribution in [0.2, 0.25) is 0 Å². The van der Waals surface area contributed by atoms with E-state index in [2.05, 4.69) is 10.2 Å². The van der Waals surface area contributed by atoms with Crippen LogP contribution < -0.4 is 11.1 Å². The highest BCUT2D eigenvalue weighted by Crippen LogP contribution is 2.42. The number of hydrogen-bond donors (Lipinski definition) is 3. The van der Waals surface area contributed by atoms with Crippen molar-refractivity contribution in [3.05, 3.63) is 0 Å². The number of carbonyl (C=O) groups excluding carboxylic acids is 1. The molecular formula is C11H19N3O3. The number of amides is 1. The number of aliphatic carboxylic acids is 1. The highest BCUT2D eigenvalue weighted by Gasteiger charge is 2.55. The van der Waals surface area contributed by atoms with Crippen LogP contribution in [0.5, 0.6) is 0 Å². The summed E-state index contributed by atoms with van der Waals surface area (Å²) in [5, 5.41) is 12.2. The van der Waals surface area contributed by atoms with Crippen LogP contribution in [-0.2, 0) is 9.59 Å². The standard InChI is InChI=1S/C11H19N3O3/c12-10(17)11(6-8(7-11)9(15)16)14-4-1-2-13-3-5-14/h8,13H,1-7H2,(H2,12,17)(H,15,16). The van der Waals surface area contributed by atoms with Gasteiger partial charge in [-0.2, -0.15) is 0 Å². The number of nitrogens with two attached hydrogens (primary N) is 1. The van der Waals surface area contributed by atoms with Crippen LogP contribution in [0, 0.1) is 5.92 Å². The van der Waals surface area contributed by atoms with Crippen molar-refractivity contribution < 1.29 is 14.7 Å². The molecule has 0 spiro atoms. The Morgan fingerprint density at radius 1 is 1.29 bits per heavy atom. The van der Waals surface area contributed by atoms with Crippen LogP contribution in [0.1, 0.15) is 19.3 Å². The summed E-state index contributed by atoms with van der Waals surface area (Å²) in [4.78, 5) is 24.6. The SMILES string of the molecule is NC(=O)C1(N2CCCNCC2)CC(C(=O)O)C1. The van der Waals surface area contributed by atoms with Gasteiger partial charge < -0.3 is 16.2 Å². The van der Waals surface area contributed by atoms with Crippen molar-refractivity contribution in [1.29, 1.82) is 0 Å². The Morgan fingerprint density at radius 3 is 2.59 bits per heavy atom. The molecule has 0 unspecified atom stereocenters. The number of hydrogen-bond acceptors (Lipinski definition) is 4. The van der Waals surface area contributed by atoms with Crippen molar-refractivity contribution in [2.75, 3.05) is 26.2 Å². The minimum Gasteiger partial charge on any atom is -0.481 e. The Hall–Kier alpha value is -1.14. The van der Waals surface area contributed by atoms with Gasteiger partial charge in [0.05, 0.1) is 5.92 Å². The fourth-order valence-electron chi connectivity index (χ4n) is 2.82. The molecule has 1 heterocycles. The fourth-order valence-corrected chi connectivity index (χ4v) is 2.82. The maximum Gasteiger partial charge on any atom is 0.306 e. The van der Waals surface area contributed by atoms with E-state index in [4.69, 9.17) is 10.8 Å². The molecule has 2 fully saturated rings. The summed E-state index contributed by atoms with van der Waals surface area (Å²) in [6.45, 7) is 3.33. The first kappa shape index (κ1) is 12.3. The topological polar surface area (TPSA) is 95.7 Å². The monoisotopic (exact) mass is 241 g/mol. The zero-order chi connectivity index (χ0) is 12.5. The fraction of sp³-hybridized carbons (Fsp3) is 0.818. The smallest absolute Gasteiger partial charge is 0.306 e. The molecule has 0 bridgehead atoms. The maximum atomic E-state index is 11.7. The van der Waals surface area contributed by atoms with E-state index in [9.17, 15) is 9.59 Å². The minimum absolute atomic E-state index is 0.359. The second kappa shape index (κ2) is 4.62. The summed E-state index contributed by atoms with van der Waals surface area (Å²) in [5.74, 6) is -1.62. The normalized spacial score (nSPS) is 34.7. The van der Waals surface area contributed by atoms with E-state index in [0.29, 0.717) is 12.8 Å². The van der Waals surface area contributed by atoms with E-state index in [0.717, 1.165) is 32.6 Å². The highest BCUT2D eigenvalue weighted by molar-refractivity contribution is 5.88. The molecule has 2 rings (SSSR count). The molecule has 1 saturated heterocycles. The van der Waals surface area contributed by atoms with Gasteiger partial charge in [0.2, 0.25) is 5.91 Å². The predicted octanol–water partition coefficient (Wildman–Crippen LogP) is -1.000. The Bertz CT molecular complexity index is 318.